The summed E-state index contributed by atoms with van der Waals surface area (Å²) in [5.41, 5.74) is 2.00. The third-order valence-corrected chi connectivity index (χ3v) is 9.45. The lowest BCUT2D eigenvalue weighted by Gasteiger charge is -2.37. The summed E-state index contributed by atoms with van der Waals surface area (Å²) >= 11 is 0. The number of halogens is 1. The van der Waals surface area contributed by atoms with E-state index in [9.17, 15) is 8.42 Å². The van der Waals surface area contributed by atoms with Gasteiger partial charge in [-0.2, -0.15) is 9.10 Å². The van der Waals surface area contributed by atoms with Crippen molar-refractivity contribution in [3.05, 3.63) is 71.8 Å². The number of anilines is 1. The molecule has 1 unspecified atom stereocenters. The number of piperidine rings is 1. The summed E-state index contributed by atoms with van der Waals surface area (Å²) < 4.78 is 43.6. The molecule has 180 valence electrons. The summed E-state index contributed by atoms with van der Waals surface area (Å²) in [7, 11) is -3.60. The van der Waals surface area contributed by atoms with Crippen LogP contribution in [0.5, 0.6) is 0 Å². The van der Waals surface area contributed by atoms with Gasteiger partial charge in [0.15, 0.2) is 6.33 Å². The van der Waals surface area contributed by atoms with Crippen LogP contribution in [-0.2, 0) is 16.6 Å². The van der Waals surface area contributed by atoms with Crippen molar-refractivity contribution in [2.24, 2.45) is 0 Å². The van der Waals surface area contributed by atoms with Crippen LogP contribution < -0.4 is 4.90 Å². The fourth-order valence-corrected chi connectivity index (χ4v) is 7.27. The molecule has 1 aromatic heterocycles. The topological polar surface area (TPSA) is 84.2 Å². The molecule has 0 spiro atoms. The van der Waals surface area contributed by atoms with Crippen molar-refractivity contribution in [3.8, 4) is 0 Å². The Labute approximate surface area is 199 Å². The van der Waals surface area contributed by atoms with Crippen LogP contribution in [0, 0.1) is 5.82 Å². The van der Waals surface area contributed by atoms with Crippen molar-refractivity contribution >= 4 is 15.7 Å². The van der Waals surface area contributed by atoms with E-state index in [4.69, 9.17) is 0 Å². The van der Waals surface area contributed by atoms with E-state index >= 15 is 4.39 Å². The van der Waals surface area contributed by atoms with E-state index in [0.29, 0.717) is 12.0 Å². The predicted octanol–water partition coefficient (Wildman–Crippen LogP) is 3.71. The third kappa shape index (κ3) is 4.44. The Kier molecular flexibility index (Phi) is 6.35. The number of benzene rings is 2. The highest BCUT2D eigenvalue weighted by Crippen LogP contribution is 2.38. The standard InChI is InChI=1S/C24H29FN6O2S/c1-18-7-10-24(19-5-3-2-4-6-19)34(32,33)30(18)16-20-8-9-22(15-23(20)25)29-13-11-21(12-14-29)31-27-17-26-28-31/h2-6,8-9,15,17-18,21,24H,7,10-14,16H2,1H3/t18-,24?/m0/s1. The minimum Gasteiger partial charge on any atom is -0.371 e. The summed E-state index contributed by atoms with van der Waals surface area (Å²) in [6.07, 6.45) is 4.46. The first-order valence-corrected chi connectivity index (χ1v) is 13.3. The largest absolute Gasteiger partial charge is 0.371 e. The number of tetrazole rings is 1. The van der Waals surface area contributed by atoms with Crippen molar-refractivity contribution in [3.63, 3.8) is 0 Å². The molecule has 2 aliphatic rings. The zero-order valence-electron chi connectivity index (χ0n) is 19.2. The first-order valence-electron chi connectivity index (χ1n) is 11.7. The van der Waals surface area contributed by atoms with Gasteiger partial charge >= 0.3 is 0 Å². The molecule has 0 bridgehead atoms. The molecule has 0 radical (unpaired) electrons. The average molecular weight is 485 g/mol. The molecular weight excluding hydrogens is 455 g/mol. The molecule has 3 aromatic rings. The number of nitrogens with zero attached hydrogens (tertiary/aromatic N) is 6. The lowest BCUT2D eigenvalue weighted by Crippen LogP contribution is -2.44. The van der Waals surface area contributed by atoms with E-state index < -0.39 is 15.3 Å². The maximum Gasteiger partial charge on any atom is 0.221 e. The number of aromatic nitrogens is 4. The van der Waals surface area contributed by atoms with Crippen LogP contribution in [0.15, 0.2) is 54.9 Å². The van der Waals surface area contributed by atoms with Gasteiger partial charge in [0.1, 0.15) is 11.1 Å². The summed E-state index contributed by atoms with van der Waals surface area (Å²) in [5.74, 6) is -0.373. The second kappa shape index (κ2) is 9.42. The summed E-state index contributed by atoms with van der Waals surface area (Å²) in [6, 6.07) is 14.5. The average Bonchev–Trinajstić information content (AvgIpc) is 3.38. The Morgan fingerprint density at radius 3 is 2.47 bits per heavy atom. The van der Waals surface area contributed by atoms with Gasteiger partial charge < -0.3 is 4.90 Å². The van der Waals surface area contributed by atoms with Crippen LogP contribution in [0.3, 0.4) is 0 Å². The molecular formula is C24H29FN6O2S. The van der Waals surface area contributed by atoms with Crippen molar-refractivity contribution in [2.45, 2.75) is 56.5 Å². The van der Waals surface area contributed by atoms with Crippen molar-refractivity contribution in [1.82, 2.24) is 24.5 Å². The van der Waals surface area contributed by atoms with Gasteiger partial charge in [-0.1, -0.05) is 36.4 Å². The van der Waals surface area contributed by atoms with Gasteiger partial charge in [0.05, 0.1) is 6.04 Å². The van der Waals surface area contributed by atoms with Crippen LogP contribution in [0.25, 0.3) is 0 Å². The van der Waals surface area contributed by atoms with E-state index in [1.807, 2.05) is 43.3 Å². The number of hydrogen-bond acceptors (Lipinski definition) is 6. The van der Waals surface area contributed by atoms with Crippen LogP contribution in [0.1, 0.15) is 55.0 Å². The second-order valence-corrected chi connectivity index (χ2v) is 11.2. The Hall–Kier alpha value is -2.85. The summed E-state index contributed by atoms with van der Waals surface area (Å²) in [5, 5.41) is 11.3. The maximum atomic E-state index is 15.2. The highest BCUT2D eigenvalue weighted by Gasteiger charge is 2.40. The molecule has 2 aromatic carbocycles. The van der Waals surface area contributed by atoms with Crippen LogP contribution in [0.4, 0.5) is 10.1 Å². The highest BCUT2D eigenvalue weighted by molar-refractivity contribution is 7.89. The molecule has 0 aliphatic carbocycles. The fraction of sp³-hybridized carbons (Fsp3) is 0.458. The monoisotopic (exact) mass is 484 g/mol. The van der Waals surface area contributed by atoms with E-state index in [0.717, 1.165) is 43.6 Å². The molecule has 2 fully saturated rings. The van der Waals surface area contributed by atoms with E-state index in [2.05, 4.69) is 20.3 Å². The van der Waals surface area contributed by atoms with Gasteiger partial charge in [0.2, 0.25) is 10.0 Å². The molecule has 2 aliphatic heterocycles. The molecule has 2 saturated heterocycles. The van der Waals surface area contributed by atoms with Crippen molar-refractivity contribution in [2.75, 3.05) is 18.0 Å². The SMILES string of the molecule is C[C@H]1CCC(c2ccccc2)S(=O)(=O)N1Cc1ccc(N2CCC(n3ncnn3)CC2)cc1F. The van der Waals surface area contributed by atoms with Gasteiger partial charge in [-0.3, -0.25) is 0 Å². The van der Waals surface area contributed by atoms with Crippen LogP contribution in [0.2, 0.25) is 0 Å². The lowest BCUT2D eigenvalue weighted by molar-refractivity contribution is 0.279. The second-order valence-electron chi connectivity index (χ2n) is 9.17. The van der Waals surface area contributed by atoms with Crippen LogP contribution >= 0.6 is 0 Å². The lowest BCUT2D eigenvalue weighted by atomic mass is 10.0. The zero-order valence-corrected chi connectivity index (χ0v) is 20.0. The molecule has 0 saturated carbocycles. The minimum absolute atomic E-state index is 0.0407. The maximum absolute atomic E-state index is 15.2. The number of hydrogen-bond donors (Lipinski definition) is 0. The Morgan fingerprint density at radius 1 is 1.03 bits per heavy atom. The number of rotatable bonds is 5. The summed E-state index contributed by atoms with van der Waals surface area (Å²) in [6.45, 7) is 3.47. The van der Waals surface area contributed by atoms with Gasteiger partial charge in [-0.15, -0.1) is 10.2 Å². The Bertz CT molecular complexity index is 1210. The molecule has 8 nitrogen and oxygen atoms in total. The van der Waals surface area contributed by atoms with E-state index in [1.165, 1.54) is 16.7 Å². The highest BCUT2D eigenvalue weighted by atomic mass is 32.2. The van der Waals surface area contributed by atoms with Gasteiger partial charge in [0, 0.05) is 36.9 Å². The molecule has 0 amide bonds. The number of sulfonamides is 1. The normalized spacial score (nSPS) is 23.8. The van der Waals surface area contributed by atoms with Gasteiger partial charge in [-0.25, -0.2) is 12.8 Å². The van der Waals surface area contributed by atoms with E-state index in [-0.39, 0.29) is 24.4 Å². The summed E-state index contributed by atoms with van der Waals surface area (Å²) in [4.78, 5) is 3.79. The quantitative estimate of drug-likeness (QED) is 0.549. The van der Waals surface area contributed by atoms with Gasteiger partial charge in [0.25, 0.3) is 0 Å². The van der Waals surface area contributed by atoms with Crippen molar-refractivity contribution < 1.29 is 12.8 Å². The fourth-order valence-electron chi connectivity index (χ4n) is 5.08. The molecule has 10 heteroatoms. The van der Waals surface area contributed by atoms with Crippen molar-refractivity contribution in [1.29, 1.82) is 0 Å². The third-order valence-electron chi connectivity index (χ3n) is 7.08. The molecule has 34 heavy (non-hydrogen) atoms. The molecule has 3 heterocycles. The van der Waals surface area contributed by atoms with E-state index in [1.54, 1.807) is 10.9 Å². The minimum atomic E-state index is -3.60. The van der Waals surface area contributed by atoms with Gasteiger partial charge in [-0.05, 0) is 55.5 Å². The molecule has 0 N–H and O–H groups in total. The predicted molar refractivity (Wildman–Crippen MR) is 127 cm³/mol. The Morgan fingerprint density at radius 2 is 1.79 bits per heavy atom. The molecule has 5 rings (SSSR count). The molecule has 2 atom stereocenters. The first-order chi connectivity index (χ1) is 16.4. The first kappa shape index (κ1) is 22.9. The zero-order chi connectivity index (χ0) is 23.7. The Balaban J connectivity index is 1.30. The van der Waals surface area contributed by atoms with Crippen LogP contribution in [-0.4, -0.2) is 52.1 Å². The smallest absolute Gasteiger partial charge is 0.221 e.